The molecule has 0 saturated heterocycles. The van der Waals surface area contributed by atoms with Crippen molar-refractivity contribution in [2.75, 3.05) is 0 Å². The van der Waals surface area contributed by atoms with Crippen LogP contribution in [0.15, 0.2) is 52.0 Å². The third-order valence-electron chi connectivity index (χ3n) is 3.25. The van der Waals surface area contributed by atoms with Gasteiger partial charge in [-0.25, -0.2) is 12.4 Å². The van der Waals surface area contributed by atoms with Gasteiger partial charge in [0.1, 0.15) is 5.52 Å². The Morgan fingerprint density at radius 3 is 2.55 bits per heavy atom. The molecule has 3 rings (SSSR count). The highest BCUT2D eigenvalue weighted by Crippen LogP contribution is 2.29. The van der Waals surface area contributed by atoms with E-state index in [1.165, 1.54) is 10.2 Å². The molecule has 22 heavy (non-hydrogen) atoms. The first-order chi connectivity index (χ1) is 10.4. The summed E-state index contributed by atoms with van der Waals surface area (Å²) in [4.78, 5) is 7.65. The van der Waals surface area contributed by atoms with E-state index in [0.29, 0.717) is 15.5 Å². The Labute approximate surface area is 136 Å². The molecule has 1 aromatic carbocycles. The van der Waals surface area contributed by atoms with Gasteiger partial charge < -0.3 is 4.85 Å². The molecule has 7 heteroatoms. The predicted molar refractivity (Wildman–Crippen MR) is 87.5 cm³/mol. The number of hydrogen-bond acceptors (Lipinski definition) is 3. The number of rotatable bonds is 2. The average molecular weight is 376 g/mol. The molecule has 0 radical (unpaired) electrons. The summed E-state index contributed by atoms with van der Waals surface area (Å²) in [6.07, 6.45) is 1.45. The van der Waals surface area contributed by atoms with Crippen LogP contribution < -0.4 is 0 Å². The Kier molecular flexibility index (Phi) is 3.51. The van der Waals surface area contributed by atoms with Gasteiger partial charge in [-0.05, 0) is 25.1 Å². The van der Waals surface area contributed by atoms with Gasteiger partial charge in [-0.15, -0.1) is 4.98 Å². The lowest BCUT2D eigenvalue weighted by Gasteiger charge is -2.07. The first-order valence-electron chi connectivity index (χ1n) is 6.31. The molecule has 2 heterocycles. The van der Waals surface area contributed by atoms with Crippen molar-refractivity contribution in [1.29, 1.82) is 0 Å². The van der Waals surface area contributed by atoms with Gasteiger partial charge >= 0.3 is 0 Å². The molecule has 0 saturated carbocycles. The lowest BCUT2D eigenvalue weighted by Crippen LogP contribution is -2.11. The van der Waals surface area contributed by atoms with Crippen LogP contribution in [0.1, 0.15) is 5.56 Å². The van der Waals surface area contributed by atoms with E-state index in [1.54, 1.807) is 36.4 Å². The number of benzene rings is 1. The first-order valence-corrected chi connectivity index (χ1v) is 8.54. The van der Waals surface area contributed by atoms with Crippen molar-refractivity contribution < 1.29 is 8.42 Å². The minimum absolute atomic E-state index is 0.206. The molecule has 0 aliphatic carbocycles. The summed E-state index contributed by atoms with van der Waals surface area (Å²) in [5.41, 5.74) is 1.88. The topological polar surface area (TPSA) is 56.3 Å². The second-order valence-electron chi connectivity index (χ2n) is 4.74. The zero-order valence-electron chi connectivity index (χ0n) is 11.5. The molecule has 0 aliphatic heterocycles. The van der Waals surface area contributed by atoms with Gasteiger partial charge in [0.15, 0.2) is 5.52 Å². The quantitative estimate of drug-likeness (QED) is 0.638. The van der Waals surface area contributed by atoms with E-state index in [0.717, 1.165) is 5.56 Å². The summed E-state index contributed by atoms with van der Waals surface area (Å²) in [5, 5.41) is 0. The molecule has 0 aliphatic rings. The van der Waals surface area contributed by atoms with Crippen molar-refractivity contribution in [3.8, 4) is 0 Å². The van der Waals surface area contributed by atoms with Crippen LogP contribution in [0.3, 0.4) is 0 Å². The van der Waals surface area contributed by atoms with Crippen molar-refractivity contribution in [1.82, 2.24) is 8.96 Å². The van der Waals surface area contributed by atoms with E-state index in [-0.39, 0.29) is 10.7 Å². The van der Waals surface area contributed by atoms with Crippen LogP contribution in [0.5, 0.6) is 0 Å². The fourth-order valence-electron chi connectivity index (χ4n) is 2.11. The maximum Gasteiger partial charge on any atom is 0.284 e. The lowest BCUT2D eigenvalue weighted by atomic mass is 10.2. The second-order valence-corrected chi connectivity index (χ2v) is 7.41. The standard InChI is InChI=1S/C15H10BrN3O2S/c1-10-3-5-11(6-4-10)22(20,21)19-8-7-13-14(19)9-12(16)15(17-2)18-13/h3-9H,1H3. The Hall–Kier alpha value is -2.17. The van der Waals surface area contributed by atoms with E-state index in [9.17, 15) is 8.42 Å². The molecule has 0 atom stereocenters. The third kappa shape index (κ3) is 2.30. The maximum absolute atomic E-state index is 12.7. The predicted octanol–water partition coefficient (Wildman–Crippen LogP) is 3.90. The number of hydrogen-bond donors (Lipinski definition) is 0. The minimum Gasteiger partial charge on any atom is -0.360 e. The van der Waals surface area contributed by atoms with Gasteiger partial charge in [0.25, 0.3) is 15.8 Å². The average Bonchev–Trinajstić information content (AvgIpc) is 2.90. The minimum atomic E-state index is -3.70. The SMILES string of the molecule is [C-]#[N+]c1nc2ccn(S(=O)(=O)c3ccc(C)cc3)c2cc1Br. The summed E-state index contributed by atoms with van der Waals surface area (Å²) < 4.78 is 27.1. The van der Waals surface area contributed by atoms with Gasteiger partial charge in [0, 0.05) is 16.7 Å². The van der Waals surface area contributed by atoms with Crippen molar-refractivity contribution >= 4 is 42.8 Å². The lowest BCUT2D eigenvalue weighted by molar-refractivity contribution is 0.589. The molecule has 0 spiro atoms. The van der Waals surface area contributed by atoms with Crippen LogP contribution in [0.25, 0.3) is 15.9 Å². The first kappa shape index (κ1) is 14.8. The van der Waals surface area contributed by atoms with Gasteiger partial charge in [0.05, 0.1) is 4.90 Å². The Bertz CT molecular complexity index is 1020. The number of halogens is 1. The molecule has 110 valence electrons. The number of nitrogens with zero attached hydrogens (tertiary/aromatic N) is 3. The molecule has 0 N–H and O–H groups in total. The number of fused-ring (bicyclic) bond motifs is 1. The molecular formula is C15H10BrN3O2S. The van der Waals surface area contributed by atoms with Crippen molar-refractivity contribution in [2.24, 2.45) is 0 Å². The molecule has 2 aromatic heterocycles. The summed E-state index contributed by atoms with van der Waals surface area (Å²) in [6.45, 7) is 8.95. The summed E-state index contributed by atoms with van der Waals surface area (Å²) >= 11 is 3.24. The summed E-state index contributed by atoms with van der Waals surface area (Å²) in [6, 6.07) is 9.84. The van der Waals surface area contributed by atoms with Crippen LogP contribution in [-0.4, -0.2) is 17.4 Å². The largest absolute Gasteiger partial charge is 0.360 e. The second kappa shape index (κ2) is 5.23. The van der Waals surface area contributed by atoms with Crippen LogP contribution in [0, 0.1) is 13.5 Å². The van der Waals surface area contributed by atoms with Crippen molar-refractivity contribution in [3.63, 3.8) is 0 Å². The zero-order valence-corrected chi connectivity index (χ0v) is 13.9. The highest BCUT2D eigenvalue weighted by molar-refractivity contribution is 9.10. The van der Waals surface area contributed by atoms with E-state index in [4.69, 9.17) is 6.57 Å². The highest BCUT2D eigenvalue weighted by atomic mass is 79.9. The van der Waals surface area contributed by atoms with Crippen molar-refractivity contribution in [3.05, 3.63) is 64.0 Å². The number of pyridine rings is 1. The fourth-order valence-corrected chi connectivity index (χ4v) is 3.84. The molecule has 0 amide bonds. The van der Waals surface area contributed by atoms with Crippen molar-refractivity contribution in [2.45, 2.75) is 11.8 Å². The molecular weight excluding hydrogens is 366 g/mol. The Balaban J connectivity index is 2.24. The van der Waals surface area contributed by atoms with E-state index < -0.39 is 10.0 Å². The summed E-state index contributed by atoms with van der Waals surface area (Å²) in [5.74, 6) is 0.206. The van der Waals surface area contributed by atoms with Crippen LogP contribution >= 0.6 is 15.9 Å². The molecule has 0 bridgehead atoms. The zero-order chi connectivity index (χ0) is 15.9. The molecule has 3 aromatic rings. The number of aromatic nitrogens is 2. The molecule has 5 nitrogen and oxygen atoms in total. The maximum atomic E-state index is 12.7. The highest BCUT2D eigenvalue weighted by Gasteiger charge is 2.21. The van der Waals surface area contributed by atoms with Crippen LogP contribution in [-0.2, 0) is 10.0 Å². The van der Waals surface area contributed by atoms with Gasteiger partial charge in [-0.2, -0.15) is 0 Å². The van der Waals surface area contributed by atoms with E-state index in [1.807, 2.05) is 6.92 Å². The van der Waals surface area contributed by atoms with Gasteiger partial charge in [0.2, 0.25) is 0 Å². The fraction of sp³-hybridized carbons (Fsp3) is 0.0667. The normalized spacial score (nSPS) is 11.5. The molecule has 0 fully saturated rings. The monoisotopic (exact) mass is 375 g/mol. The van der Waals surface area contributed by atoms with Gasteiger partial charge in [-0.3, -0.25) is 0 Å². The number of aryl methyl sites for hydroxylation is 1. The van der Waals surface area contributed by atoms with E-state index in [2.05, 4.69) is 25.8 Å². The van der Waals surface area contributed by atoms with Gasteiger partial charge in [-0.1, -0.05) is 40.2 Å². The summed E-state index contributed by atoms with van der Waals surface area (Å²) in [7, 11) is -3.70. The smallest absolute Gasteiger partial charge is 0.284 e. The third-order valence-corrected chi connectivity index (χ3v) is 5.54. The van der Waals surface area contributed by atoms with E-state index >= 15 is 0 Å². The molecule has 0 unspecified atom stereocenters. The van der Waals surface area contributed by atoms with Crippen LogP contribution in [0.4, 0.5) is 5.82 Å². The Morgan fingerprint density at radius 1 is 1.23 bits per heavy atom. The Morgan fingerprint density at radius 2 is 1.91 bits per heavy atom. The van der Waals surface area contributed by atoms with Crippen LogP contribution in [0.2, 0.25) is 0 Å².